The van der Waals surface area contributed by atoms with Crippen molar-refractivity contribution in [2.24, 2.45) is 5.92 Å². The number of anilines is 1. The lowest BCUT2D eigenvalue weighted by atomic mass is 9.99. The van der Waals surface area contributed by atoms with E-state index in [1.807, 2.05) is 0 Å². The van der Waals surface area contributed by atoms with Crippen LogP contribution < -0.4 is 5.32 Å². The first-order chi connectivity index (χ1) is 9.08. The van der Waals surface area contributed by atoms with Gasteiger partial charge >= 0.3 is 5.97 Å². The van der Waals surface area contributed by atoms with Gasteiger partial charge in [0.05, 0.1) is 11.3 Å². The van der Waals surface area contributed by atoms with E-state index in [2.05, 4.69) is 5.32 Å². The molecule has 1 saturated heterocycles. The fourth-order valence-corrected chi connectivity index (χ4v) is 2.00. The Morgan fingerprint density at radius 3 is 2.63 bits per heavy atom. The van der Waals surface area contributed by atoms with E-state index in [-0.39, 0.29) is 23.1 Å². The second-order valence-corrected chi connectivity index (χ2v) is 4.37. The number of halogens is 1. The van der Waals surface area contributed by atoms with Gasteiger partial charge in [-0.15, -0.1) is 0 Å². The molecule has 19 heavy (non-hydrogen) atoms. The number of ether oxygens (including phenoxy) is 1. The molecular weight excluding hydrogens is 253 g/mol. The number of benzene rings is 1. The molecule has 1 amide bonds. The molecule has 0 unspecified atom stereocenters. The molecule has 1 aliphatic heterocycles. The van der Waals surface area contributed by atoms with E-state index in [4.69, 9.17) is 9.84 Å². The van der Waals surface area contributed by atoms with E-state index in [1.54, 1.807) is 0 Å². The van der Waals surface area contributed by atoms with Gasteiger partial charge in [0.25, 0.3) is 0 Å². The summed E-state index contributed by atoms with van der Waals surface area (Å²) in [4.78, 5) is 23.0. The topological polar surface area (TPSA) is 75.6 Å². The van der Waals surface area contributed by atoms with E-state index in [1.165, 1.54) is 0 Å². The number of nitrogens with one attached hydrogen (secondary N) is 1. The van der Waals surface area contributed by atoms with Crippen LogP contribution in [0.5, 0.6) is 0 Å². The van der Waals surface area contributed by atoms with Gasteiger partial charge in [0.1, 0.15) is 5.82 Å². The van der Waals surface area contributed by atoms with Gasteiger partial charge in [0.15, 0.2) is 0 Å². The van der Waals surface area contributed by atoms with Crippen molar-refractivity contribution in [2.75, 3.05) is 18.5 Å². The highest BCUT2D eigenvalue weighted by Crippen LogP contribution is 2.21. The molecular formula is C13H14FNO4. The van der Waals surface area contributed by atoms with Crippen molar-refractivity contribution in [3.05, 3.63) is 29.6 Å². The summed E-state index contributed by atoms with van der Waals surface area (Å²) in [5, 5.41) is 11.5. The van der Waals surface area contributed by atoms with Crippen LogP contribution in [-0.4, -0.2) is 30.2 Å². The van der Waals surface area contributed by atoms with Crippen molar-refractivity contribution < 1.29 is 23.8 Å². The fraction of sp³-hybridized carbons (Fsp3) is 0.385. The van der Waals surface area contributed by atoms with E-state index in [0.717, 1.165) is 18.2 Å². The molecule has 1 fully saturated rings. The summed E-state index contributed by atoms with van der Waals surface area (Å²) < 4.78 is 18.3. The molecule has 0 atom stereocenters. The summed E-state index contributed by atoms with van der Waals surface area (Å²) in [6.45, 7) is 1.01. The first-order valence-corrected chi connectivity index (χ1v) is 5.99. The molecule has 5 nitrogen and oxygen atoms in total. The van der Waals surface area contributed by atoms with Crippen molar-refractivity contribution in [3.63, 3.8) is 0 Å². The molecule has 102 valence electrons. The van der Waals surface area contributed by atoms with E-state index >= 15 is 0 Å². The summed E-state index contributed by atoms with van der Waals surface area (Å²) in [6.07, 6.45) is 1.17. The van der Waals surface area contributed by atoms with Crippen LogP contribution in [0.25, 0.3) is 0 Å². The predicted octanol–water partition coefficient (Wildman–Crippen LogP) is 1.89. The second-order valence-electron chi connectivity index (χ2n) is 4.37. The Labute approximate surface area is 109 Å². The number of carbonyl (C=O) groups excluding carboxylic acids is 1. The standard InChI is InChI=1S/C13H14FNO4/c14-9-1-2-10(13(17)18)11(7-9)15-12(16)8-3-5-19-6-4-8/h1-2,7-8H,3-6H2,(H,15,16)(H,17,18). The Balaban J connectivity index is 2.15. The number of hydrogen-bond acceptors (Lipinski definition) is 3. The highest BCUT2D eigenvalue weighted by Gasteiger charge is 2.23. The molecule has 0 saturated carbocycles. The van der Waals surface area contributed by atoms with Crippen LogP contribution in [0.2, 0.25) is 0 Å². The van der Waals surface area contributed by atoms with Crippen molar-refractivity contribution in [1.82, 2.24) is 0 Å². The number of hydrogen-bond donors (Lipinski definition) is 2. The van der Waals surface area contributed by atoms with Crippen molar-refractivity contribution in [1.29, 1.82) is 0 Å². The summed E-state index contributed by atoms with van der Waals surface area (Å²) >= 11 is 0. The van der Waals surface area contributed by atoms with Gasteiger partial charge in [0, 0.05) is 19.1 Å². The van der Waals surface area contributed by atoms with E-state index in [0.29, 0.717) is 26.1 Å². The molecule has 0 aliphatic carbocycles. The van der Waals surface area contributed by atoms with Crippen LogP contribution in [0.1, 0.15) is 23.2 Å². The highest BCUT2D eigenvalue weighted by molar-refractivity contribution is 6.01. The maximum atomic E-state index is 13.1. The first-order valence-electron chi connectivity index (χ1n) is 5.99. The summed E-state index contributed by atoms with van der Waals surface area (Å²) in [5.74, 6) is -2.32. The Morgan fingerprint density at radius 1 is 1.32 bits per heavy atom. The number of carboxylic acids is 1. The van der Waals surface area contributed by atoms with Crippen molar-refractivity contribution in [3.8, 4) is 0 Å². The third-order valence-corrected chi connectivity index (χ3v) is 3.06. The minimum Gasteiger partial charge on any atom is -0.478 e. The summed E-state index contributed by atoms with van der Waals surface area (Å²) in [7, 11) is 0. The Hall–Kier alpha value is -1.95. The molecule has 0 aromatic heterocycles. The summed E-state index contributed by atoms with van der Waals surface area (Å²) in [6, 6.07) is 3.20. The van der Waals surface area contributed by atoms with Gasteiger partial charge in [-0.25, -0.2) is 9.18 Å². The van der Waals surface area contributed by atoms with Crippen LogP contribution in [0, 0.1) is 11.7 Å². The van der Waals surface area contributed by atoms with E-state index < -0.39 is 11.8 Å². The molecule has 0 spiro atoms. The number of carboxylic acid groups (broad SMARTS) is 1. The lowest BCUT2D eigenvalue weighted by molar-refractivity contribution is -0.122. The van der Waals surface area contributed by atoms with Crippen molar-refractivity contribution in [2.45, 2.75) is 12.8 Å². The summed E-state index contributed by atoms with van der Waals surface area (Å²) in [5.41, 5.74) is -0.134. The maximum absolute atomic E-state index is 13.1. The van der Waals surface area contributed by atoms with Gasteiger partial charge < -0.3 is 15.2 Å². The maximum Gasteiger partial charge on any atom is 0.337 e. The van der Waals surface area contributed by atoms with Crippen molar-refractivity contribution >= 4 is 17.6 Å². The fourth-order valence-electron chi connectivity index (χ4n) is 2.00. The Bertz CT molecular complexity index is 497. The van der Waals surface area contributed by atoms with Crippen LogP contribution in [0.3, 0.4) is 0 Å². The molecule has 2 N–H and O–H groups in total. The normalized spacial score (nSPS) is 16.1. The highest BCUT2D eigenvalue weighted by atomic mass is 19.1. The molecule has 1 aliphatic rings. The molecule has 1 aromatic carbocycles. The molecule has 6 heteroatoms. The zero-order valence-corrected chi connectivity index (χ0v) is 10.2. The SMILES string of the molecule is O=C(O)c1ccc(F)cc1NC(=O)C1CCOCC1. The zero-order valence-electron chi connectivity index (χ0n) is 10.2. The smallest absolute Gasteiger partial charge is 0.337 e. The first kappa shape index (κ1) is 13.5. The molecule has 1 aromatic rings. The average Bonchev–Trinajstić information content (AvgIpc) is 2.39. The average molecular weight is 267 g/mol. The van der Waals surface area contributed by atoms with Gasteiger partial charge in [-0.1, -0.05) is 0 Å². The molecule has 0 bridgehead atoms. The van der Waals surface area contributed by atoms with Crippen LogP contribution in [0.4, 0.5) is 10.1 Å². The lowest BCUT2D eigenvalue weighted by Gasteiger charge is -2.21. The zero-order chi connectivity index (χ0) is 13.8. The molecule has 2 rings (SSSR count). The number of aromatic carboxylic acids is 1. The Kier molecular flexibility index (Phi) is 4.11. The minimum absolute atomic E-state index is 0.0102. The van der Waals surface area contributed by atoms with Gasteiger partial charge in [-0.3, -0.25) is 4.79 Å². The van der Waals surface area contributed by atoms with Crippen LogP contribution in [-0.2, 0) is 9.53 Å². The quantitative estimate of drug-likeness (QED) is 0.876. The third kappa shape index (κ3) is 3.29. The van der Waals surface area contributed by atoms with E-state index in [9.17, 15) is 14.0 Å². The number of amides is 1. The lowest BCUT2D eigenvalue weighted by Crippen LogP contribution is -2.29. The van der Waals surface area contributed by atoms with Gasteiger partial charge in [0.2, 0.25) is 5.91 Å². The Morgan fingerprint density at radius 2 is 2.00 bits per heavy atom. The second kappa shape index (κ2) is 5.79. The minimum atomic E-state index is -1.21. The number of rotatable bonds is 3. The van der Waals surface area contributed by atoms with Crippen LogP contribution in [0.15, 0.2) is 18.2 Å². The molecule has 0 radical (unpaired) electrons. The largest absolute Gasteiger partial charge is 0.478 e. The third-order valence-electron chi connectivity index (χ3n) is 3.06. The molecule has 1 heterocycles. The predicted molar refractivity (Wildman–Crippen MR) is 65.5 cm³/mol. The van der Waals surface area contributed by atoms with Gasteiger partial charge in [-0.2, -0.15) is 0 Å². The van der Waals surface area contributed by atoms with Crippen LogP contribution >= 0.6 is 0 Å². The van der Waals surface area contributed by atoms with Gasteiger partial charge in [-0.05, 0) is 31.0 Å². The number of carbonyl (C=O) groups is 2. The monoisotopic (exact) mass is 267 g/mol.